The number of hydrogen-bond donors (Lipinski definition) is 1. The van der Waals surface area contributed by atoms with Crippen molar-refractivity contribution in [1.29, 1.82) is 0 Å². The summed E-state index contributed by atoms with van der Waals surface area (Å²) in [6, 6.07) is 22.8. The van der Waals surface area contributed by atoms with Crippen molar-refractivity contribution in [2.24, 2.45) is 5.92 Å². The molecule has 2 atom stereocenters. The van der Waals surface area contributed by atoms with Crippen molar-refractivity contribution in [3.05, 3.63) is 89.5 Å². The third kappa shape index (κ3) is 10.4. The van der Waals surface area contributed by atoms with E-state index in [9.17, 15) is 14.7 Å². The van der Waals surface area contributed by atoms with Crippen molar-refractivity contribution < 1.29 is 58.5 Å². The molecule has 0 spiro atoms. The molecule has 0 aliphatic rings. The number of carboxylic acid groups (broad SMARTS) is 1. The normalized spacial score (nSPS) is 12.2. The third-order valence-electron chi connectivity index (χ3n) is 6.47. The van der Waals surface area contributed by atoms with E-state index in [4.69, 9.17) is 14.2 Å². The molecule has 8 heteroatoms. The summed E-state index contributed by atoms with van der Waals surface area (Å²) in [5.41, 5.74) is 4.43. The van der Waals surface area contributed by atoms with E-state index in [2.05, 4.69) is 5.32 Å². The van der Waals surface area contributed by atoms with E-state index in [0.717, 1.165) is 35.1 Å². The molecule has 0 radical (unpaired) electrons. The Morgan fingerprint density at radius 3 is 2.30 bits per heavy atom. The fourth-order valence-corrected chi connectivity index (χ4v) is 4.33. The van der Waals surface area contributed by atoms with Gasteiger partial charge >= 0.3 is 29.6 Å². The molecule has 0 aliphatic carbocycles. The Labute approximate surface area is 259 Å². The van der Waals surface area contributed by atoms with E-state index in [1.807, 2.05) is 74.5 Å². The number of carbonyl (C=O) groups excluding carboxylic acids is 2. The second-order valence-electron chi connectivity index (χ2n) is 9.34. The fraction of sp³-hybridized carbons (Fsp3) is 0.375. The number of carbonyl (C=O) groups is 2. The predicted molar refractivity (Wildman–Crippen MR) is 149 cm³/mol. The van der Waals surface area contributed by atoms with Crippen LogP contribution >= 0.6 is 0 Å². The van der Waals surface area contributed by atoms with Gasteiger partial charge in [0.05, 0.1) is 6.54 Å². The number of ether oxygens (including phenoxy) is 3. The molecule has 0 aliphatic heterocycles. The first-order chi connectivity index (χ1) is 18.9. The topological polar surface area (TPSA) is 96.9 Å². The van der Waals surface area contributed by atoms with Crippen molar-refractivity contribution in [1.82, 2.24) is 5.32 Å². The van der Waals surface area contributed by atoms with Crippen molar-refractivity contribution in [2.75, 3.05) is 26.9 Å². The van der Waals surface area contributed by atoms with E-state index in [1.165, 1.54) is 0 Å². The summed E-state index contributed by atoms with van der Waals surface area (Å²) in [6.45, 7) is 5.19. The second-order valence-corrected chi connectivity index (χ2v) is 9.34. The monoisotopic (exact) mass is 555 g/mol. The van der Waals surface area contributed by atoms with Gasteiger partial charge in [0.15, 0.2) is 6.29 Å². The molecule has 3 aromatic carbocycles. The summed E-state index contributed by atoms with van der Waals surface area (Å²) in [6.07, 6.45) is 2.48. The van der Waals surface area contributed by atoms with E-state index in [-0.39, 0.29) is 35.5 Å². The first kappa shape index (κ1) is 33.5. The molecule has 3 rings (SSSR count). The molecule has 0 fully saturated rings. The van der Waals surface area contributed by atoms with Gasteiger partial charge in [-0.2, -0.15) is 0 Å². The Morgan fingerprint density at radius 2 is 1.68 bits per heavy atom. The van der Waals surface area contributed by atoms with Gasteiger partial charge in [-0.25, -0.2) is 0 Å². The van der Waals surface area contributed by atoms with Crippen LogP contribution < -0.4 is 44.7 Å². The maximum atomic E-state index is 12.6. The SMILES string of the molecule is CCCCC(Cc1ccc(OCCNC(=O)c2ccc(-c3cccc(C(OC)OCC)c3)cc2)cc1)C(=O)[O-].[Na+]. The molecule has 40 heavy (non-hydrogen) atoms. The summed E-state index contributed by atoms with van der Waals surface area (Å²) < 4.78 is 16.8. The van der Waals surface area contributed by atoms with E-state index in [1.54, 1.807) is 19.2 Å². The zero-order valence-corrected chi connectivity index (χ0v) is 26.0. The Bertz CT molecular complexity index is 1180. The standard InChI is InChI=1S/C32H39NO6.Na/c1-4-6-8-27(31(35)36)21-23-11-17-29(18-12-23)39-20-19-33-30(34)25-15-13-24(14-16-25)26-9-7-10-28(22-26)32(37-3)38-5-2;/h7,9-18,22,27,32H,4-6,8,19-21H2,1-3H3,(H,33,34)(H,35,36);/q;+1/p-1. The fourth-order valence-electron chi connectivity index (χ4n) is 4.33. The number of amides is 1. The van der Waals surface area contributed by atoms with Crippen LogP contribution in [0.5, 0.6) is 5.75 Å². The molecule has 7 nitrogen and oxygen atoms in total. The Morgan fingerprint density at radius 1 is 0.950 bits per heavy atom. The minimum atomic E-state index is -0.999. The summed E-state index contributed by atoms with van der Waals surface area (Å²) in [4.78, 5) is 24.0. The first-order valence-corrected chi connectivity index (χ1v) is 13.5. The zero-order chi connectivity index (χ0) is 28.0. The molecule has 0 bridgehead atoms. The Hall–Kier alpha value is -2.68. The zero-order valence-electron chi connectivity index (χ0n) is 24.0. The number of carboxylic acids is 1. The van der Waals surface area contributed by atoms with E-state index in [0.29, 0.717) is 43.9 Å². The van der Waals surface area contributed by atoms with Gasteiger partial charge in [-0.15, -0.1) is 0 Å². The maximum Gasteiger partial charge on any atom is 1.00 e. The summed E-state index contributed by atoms with van der Waals surface area (Å²) in [5, 5.41) is 14.3. The van der Waals surface area contributed by atoms with Crippen LogP contribution in [-0.2, 0) is 20.7 Å². The summed E-state index contributed by atoms with van der Waals surface area (Å²) in [5.74, 6) is -0.987. The number of aliphatic carboxylic acids is 1. The molecule has 0 saturated heterocycles. The van der Waals surface area contributed by atoms with Crippen LogP contribution in [0.4, 0.5) is 0 Å². The van der Waals surface area contributed by atoms with Crippen molar-refractivity contribution in [3.63, 3.8) is 0 Å². The van der Waals surface area contributed by atoms with Gasteiger partial charge in [0, 0.05) is 36.7 Å². The van der Waals surface area contributed by atoms with E-state index < -0.39 is 18.2 Å². The number of nitrogens with one attached hydrogen (secondary N) is 1. The number of rotatable bonds is 16. The average molecular weight is 556 g/mol. The minimum Gasteiger partial charge on any atom is -0.550 e. The second kappa shape index (κ2) is 17.9. The largest absolute Gasteiger partial charge is 1.00 e. The van der Waals surface area contributed by atoms with Gasteiger partial charge in [-0.05, 0) is 66.8 Å². The molecular weight excluding hydrogens is 517 g/mol. The molecule has 1 N–H and O–H groups in total. The first-order valence-electron chi connectivity index (χ1n) is 13.5. The van der Waals surface area contributed by atoms with Gasteiger partial charge in [0.25, 0.3) is 5.91 Å². The van der Waals surface area contributed by atoms with Gasteiger partial charge in [-0.3, -0.25) is 4.79 Å². The van der Waals surface area contributed by atoms with Crippen LogP contribution in [0.2, 0.25) is 0 Å². The third-order valence-corrected chi connectivity index (χ3v) is 6.47. The molecule has 0 saturated carbocycles. The number of benzene rings is 3. The van der Waals surface area contributed by atoms with Crippen molar-refractivity contribution in [3.8, 4) is 16.9 Å². The summed E-state index contributed by atoms with van der Waals surface area (Å²) >= 11 is 0. The van der Waals surface area contributed by atoms with Crippen LogP contribution in [-0.4, -0.2) is 38.7 Å². The van der Waals surface area contributed by atoms with Crippen molar-refractivity contribution in [2.45, 2.75) is 45.8 Å². The Balaban J connectivity index is 0.00000560. The van der Waals surface area contributed by atoms with E-state index >= 15 is 0 Å². The van der Waals surface area contributed by atoms with Gasteiger partial charge in [-0.1, -0.05) is 62.2 Å². The van der Waals surface area contributed by atoms with Crippen LogP contribution in [0.15, 0.2) is 72.8 Å². The predicted octanol–water partition coefficient (Wildman–Crippen LogP) is 1.95. The van der Waals surface area contributed by atoms with Crippen LogP contribution in [0.25, 0.3) is 11.1 Å². The number of hydrogen-bond acceptors (Lipinski definition) is 6. The van der Waals surface area contributed by atoms with Crippen LogP contribution in [0, 0.1) is 5.92 Å². The molecular formula is C32H38NNaO6. The minimum absolute atomic E-state index is 0. The molecule has 208 valence electrons. The summed E-state index contributed by atoms with van der Waals surface area (Å²) in [7, 11) is 1.62. The maximum absolute atomic E-state index is 12.6. The van der Waals surface area contributed by atoms with Gasteiger partial charge in [0.2, 0.25) is 0 Å². The Kier molecular flexibility index (Phi) is 15.0. The molecule has 3 aromatic rings. The quantitative estimate of drug-likeness (QED) is 0.165. The van der Waals surface area contributed by atoms with Crippen LogP contribution in [0.3, 0.4) is 0 Å². The van der Waals surface area contributed by atoms with Gasteiger partial charge < -0.3 is 29.4 Å². The molecule has 0 aromatic heterocycles. The molecule has 2 unspecified atom stereocenters. The molecule has 1 amide bonds. The van der Waals surface area contributed by atoms with Gasteiger partial charge in [0.1, 0.15) is 12.4 Å². The average Bonchev–Trinajstić information content (AvgIpc) is 2.96. The smallest absolute Gasteiger partial charge is 0.550 e. The van der Waals surface area contributed by atoms with Crippen molar-refractivity contribution >= 4 is 11.9 Å². The molecule has 0 heterocycles. The number of methoxy groups -OCH3 is 1. The van der Waals surface area contributed by atoms with Crippen LogP contribution in [0.1, 0.15) is 60.9 Å². The number of unbranched alkanes of at least 4 members (excludes halogenated alkanes) is 1.